The predicted molar refractivity (Wildman–Crippen MR) is 188 cm³/mol. The first-order chi connectivity index (χ1) is 22.2. The maximum Gasteiger partial charge on any atom is 0.0723 e. The second-order valence-electron chi connectivity index (χ2n) is 12.6. The van der Waals surface area contributed by atoms with Crippen LogP contribution in [-0.2, 0) is 5.41 Å². The van der Waals surface area contributed by atoms with Gasteiger partial charge in [-0.2, -0.15) is 0 Å². The van der Waals surface area contributed by atoms with Crippen molar-refractivity contribution < 1.29 is 0 Å². The Bertz CT molecular complexity index is 2090. The molecule has 45 heavy (non-hydrogen) atoms. The van der Waals surface area contributed by atoms with Crippen LogP contribution in [0.3, 0.4) is 0 Å². The third kappa shape index (κ3) is 3.80. The summed E-state index contributed by atoms with van der Waals surface area (Å²) in [4.78, 5) is 2.41. The summed E-state index contributed by atoms with van der Waals surface area (Å²) >= 11 is 0. The molecule has 6 aromatic carbocycles. The highest BCUT2D eigenvalue weighted by atomic mass is 15.1. The average Bonchev–Trinajstić information content (AvgIpc) is 3.56. The van der Waals surface area contributed by atoms with Gasteiger partial charge in [-0.25, -0.2) is 0 Å². The van der Waals surface area contributed by atoms with E-state index in [1.54, 1.807) is 0 Å². The SMILES string of the molecule is CC1C=C2C(=CC1)c1ccc(N(c3ccccc3)c3ccc(-c4ccccc4)cc3)cc1C21c2ccccc2-c2ccccc21. The van der Waals surface area contributed by atoms with E-state index in [2.05, 4.69) is 176 Å². The molecule has 0 fully saturated rings. The quantitative estimate of drug-likeness (QED) is 0.202. The molecule has 0 amide bonds. The minimum atomic E-state index is -0.335. The first kappa shape index (κ1) is 26.0. The largest absolute Gasteiger partial charge is 0.310 e. The standard InChI is InChI=1S/C44H33N/c1-30-20-26-38-39-27-25-35(45(33-14-6-3-7-15-33)34-23-21-32(22-24-34)31-12-4-2-5-13-31)29-43(39)44(42(38)28-30)40-18-10-8-16-36(40)37-17-9-11-19-41(37)44/h2-19,21-30H,20H2,1H3. The van der Waals surface area contributed by atoms with E-state index in [9.17, 15) is 0 Å². The van der Waals surface area contributed by atoms with Crippen LogP contribution in [0.25, 0.3) is 27.8 Å². The fourth-order valence-corrected chi connectivity index (χ4v) is 8.07. The van der Waals surface area contributed by atoms with Gasteiger partial charge in [0.1, 0.15) is 0 Å². The molecular weight excluding hydrogens is 542 g/mol. The van der Waals surface area contributed by atoms with Crippen LogP contribution in [0.2, 0.25) is 0 Å². The lowest BCUT2D eigenvalue weighted by Gasteiger charge is -2.33. The van der Waals surface area contributed by atoms with Crippen molar-refractivity contribution in [1.82, 2.24) is 0 Å². The number of fused-ring (bicyclic) bond motifs is 10. The molecule has 1 atom stereocenters. The number of hydrogen-bond donors (Lipinski definition) is 0. The van der Waals surface area contributed by atoms with Crippen LogP contribution in [-0.4, -0.2) is 0 Å². The van der Waals surface area contributed by atoms with Gasteiger partial charge in [0.25, 0.3) is 0 Å². The molecule has 1 nitrogen and oxygen atoms in total. The van der Waals surface area contributed by atoms with E-state index in [-0.39, 0.29) is 5.41 Å². The van der Waals surface area contributed by atoms with E-state index >= 15 is 0 Å². The maximum absolute atomic E-state index is 2.56. The van der Waals surface area contributed by atoms with E-state index in [0.29, 0.717) is 5.92 Å². The summed E-state index contributed by atoms with van der Waals surface area (Å²) in [5, 5.41) is 0. The van der Waals surface area contributed by atoms with Crippen LogP contribution in [0.5, 0.6) is 0 Å². The predicted octanol–water partition coefficient (Wildman–Crippen LogP) is 11.5. The second-order valence-corrected chi connectivity index (χ2v) is 12.6. The van der Waals surface area contributed by atoms with Crippen molar-refractivity contribution in [2.24, 2.45) is 5.92 Å². The van der Waals surface area contributed by atoms with Crippen molar-refractivity contribution in [3.05, 3.63) is 192 Å². The van der Waals surface area contributed by atoms with Crippen molar-refractivity contribution in [1.29, 1.82) is 0 Å². The Kier molecular flexibility index (Phi) is 5.83. The molecular formula is C44H33N. The number of hydrogen-bond acceptors (Lipinski definition) is 1. The lowest BCUT2D eigenvalue weighted by molar-refractivity contribution is 0.701. The molecule has 0 saturated carbocycles. The Labute approximate surface area is 265 Å². The highest BCUT2D eigenvalue weighted by Crippen LogP contribution is 2.65. The summed E-state index contributed by atoms with van der Waals surface area (Å²) in [7, 11) is 0. The minimum absolute atomic E-state index is 0.335. The summed E-state index contributed by atoms with van der Waals surface area (Å²) in [6.07, 6.45) is 6.13. The Morgan fingerprint density at radius 2 is 1.07 bits per heavy atom. The van der Waals surface area contributed by atoms with Gasteiger partial charge in [-0.15, -0.1) is 0 Å². The van der Waals surface area contributed by atoms with Gasteiger partial charge >= 0.3 is 0 Å². The fraction of sp³-hybridized carbons (Fsp3) is 0.0909. The summed E-state index contributed by atoms with van der Waals surface area (Å²) in [5.74, 6) is 0.498. The van der Waals surface area contributed by atoms with E-state index in [1.807, 2.05) is 0 Å². The van der Waals surface area contributed by atoms with Crippen LogP contribution >= 0.6 is 0 Å². The summed E-state index contributed by atoms with van der Waals surface area (Å²) in [5.41, 5.74) is 16.6. The first-order valence-electron chi connectivity index (χ1n) is 16.0. The normalized spacial score (nSPS) is 16.7. The number of allylic oxidation sites excluding steroid dienone is 4. The zero-order valence-electron chi connectivity index (χ0n) is 25.3. The van der Waals surface area contributed by atoms with Gasteiger partial charge in [-0.3, -0.25) is 0 Å². The average molecular weight is 576 g/mol. The molecule has 9 rings (SSSR count). The number of nitrogens with zero attached hydrogens (tertiary/aromatic N) is 1. The topological polar surface area (TPSA) is 3.24 Å². The van der Waals surface area contributed by atoms with Crippen molar-refractivity contribution in [2.45, 2.75) is 18.8 Å². The summed E-state index contributed by atoms with van der Waals surface area (Å²) < 4.78 is 0. The monoisotopic (exact) mass is 575 g/mol. The Morgan fingerprint density at radius 1 is 0.511 bits per heavy atom. The zero-order chi connectivity index (χ0) is 30.0. The molecule has 0 bridgehead atoms. The highest BCUT2D eigenvalue weighted by molar-refractivity contribution is 6.01. The lowest BCUT2D eigenvalue weighted by atomic mass is 9.69. The first-order valence-corrected chi connectivity index (χ1v) is 16.0. The van der Waals surface area contributed by atoms with Gasteiger partial charge in [0, 0.05) is 17.1 Å². The fourth-order valence-electron chi connectivity index (χ4n) is 8.07. The van der Waals surface area contributed by atoms with Crippen molar-refractivity contribution in [2.75, 3.05) is 4.90 Å². The maximum atomic E-state index is 2.56. The summed E-state index contributed by atoms with van der Waals surface area (Å²) in [6.45, 7) is 2.35. The molecule has 0 heterocycles. The van der Waals surface area contributed by atoms with Gasteiger partial charge in [0.2, 0.25) is 0 Å². The molecule has 0 saturated heterocycles. The van der Waals surface area contributed by atoms with Gasteiger partial charge < -0.3 is 4.90 Å². The molecule has 1 heteroatoms. The molecule has 6 aromatic rings. The van der Waals surface area contributed by atoms with Gasteiger partial charge in [0.15, 0.2) is 0 Å². The third-order valence-corrected chi connectivity index (χ3v) is 9.99. The van der Waals surface area contributed by atoms with Crippen molar-refractivity contribution in [3.8, 4) is 22.3 Å². The number of benzene rings is 6. The molecule has 3 aliphatic carbocycles. The van der Waals surface area contributed by atoms with Gasteiger partial charge in [-0.05, 0) is 104 Å². The van der Waals surface area contributed by atoms with Crippen LogP contribution in [0.4, 0.5) is 17.1 Å². The number of para-hydroxylation sites is 1. The Balaban J connectivity index is 1.28. The van der Waals surface area contributed by atoms with Crippen LogP contribution in [0.1, 0.15) is 35.6 Å². The lowest BCUT2D eigenvalue weighted by Crippen LogP contribution is -2.27. The molecule has 0 aromatic heterocycles. The molecule has 0 N–H and O–H groups in total. The van der Waals surface area contributed by atoms with Crippen molar-refractivity contribution in [3.63, 3.8) is 0 Å². The van der Waals surface area contributed by atoms with Crippen LogP contribution < -0.4 is 4.90 Å². The molecule has 0 radical (unpaired) electrons. The smallest absolute Gasteiger partial charge is 0.0723 e. The highest BCUT2D eigenvalue weighted by Gasteiger charge is 2.53. The third-order valence-electron chi connectivity index (χ3n) is 9.99. The number of rotatable bonds is 4. The number of anilines is 3. The molecule has 0 aliphatic heterocycles. The van der Waals surface area contributed by atoms with Gasteiger partial charge in [0.05, 0.1) is 5.41 Å². The van der Waals surface area contributed by atoms with Crippen molar-refractivity contribution >= 4 is 22.6 Å². The molecule has 214 valence electrons. The molecule has 1 spiro atoms. The minimum Gasteiger partial charge on any atom is -0.310 e. The second kappa shape index (κ2) is 10.1. The Morgan fingerprint density at radius 3 is 1.76 bits per heavy atom. The van der Waals surface area contributed by atoms with E-state index < -0.39 is 0 Å². The Hall–Kier alpha value is -5.40. The van der Waals surface area contributed by atoms with E-state index in [0.717, 1.165) is 17.8 Å². The summed E-state index contributed by atoms with van der Waals surface area (Å²) in [6, 6.07) is 55.7. The van der Waals surface area contributed by atoms with Gasteiger partial charge in [-0.1, -0.05) is 134 Å². The zero-order valence-corrected chi connectivity index (χ0v) is 25.3. The van der Waals surface area contributed by atoms with Crippen LogP contribution in [0.15, 0.2) is 169 Å². The van der Waals surface area contributed by atoms with Crippen LogP contribution in [0, 0.1) is 5.92 Å². The molecule has 3 aliphatic rings. The van der Waals surface area contributed by atoms with E-state index in [4.69, 9.17) is 0 Å². The van der Waals surface area contributed by atoms with E-state index in [1.165, 1.54) is 61.3 Å². The molecule has 1 unspecified atom stereocenters.